The van der Waals surface area contributed by atoms with E-state index in [1.807, 2.05) is 0 Å². The van der Waals surface area contributed by atoms with Gasteiger partial charge in [0.1, 0.15) is 0 Å². The van der Waals surface area contributed by atoms with Gasteiger partial charge < -0.3 is 15.2 Å². The van der Waals surface area contributed by atoms with Crippen LogP contribution in [0, 0.1) is 0 Å². The molecule has 4 nitrogen and oxygen atoms in total. The van der Waals surface area contributed by atoms with Gasteiger partial charge in [-0.15, -0.1) is 0 Å². The monoisotopic (exact) mass is 228 g/mol. The van der Waals surface area contributed by atoms with Crippen molar-refractivity contribution in [3.63, 3.8) is 0 Å². The minimum Gasteiger partial charge on any atom is -0.395 e. The molecule has 2 aliphatic rings. The normalized spacial score (nSPS) is 33.9. The molecule has 0 spiro atoms. The van der Waals surface area contributed by atoms with E-state index in [9.17, 15) is 5.11 Å². The Morgan fingerprint density at radius 1 is 1.31 bits per heavy atom. The smallest absolute Gasteiger partial charge is 0.0678 e. The third-order valence-corrected chi connectivity index (χ3v) is 3.24. The summed E-state index contributed by atoms with van der Waals surface area (Å²) < 4.78 is 5.70. The fourth-order valence-corrected chi connectivity index (χ4v) is 2.49. The first-order valence-electron chi connectivity index (χ1n) is 6.42. The molecule has 2 rings (SSSR count). The molecule has 1 heterocycles. The van der Waals surface area contributed by atoms with Crippen molar-refractivity contribution in [2.75, 3.05) is 26.2 Å². The van der Waals surface area contributed by atoms with E-state index < -0.39 is 0 Å². The highest BCUT2D eigenvalue weighted by atomic mass is 16.5. The molecule has 2 N–H and O–H groups in total. The molecule has 1 aliphatic heterocycles. The van der Waals surface area contributed by atoms with Gasteiger partial charge in [-0.3, -0.25) is 4.90 Å². The van der Waals surface area contributed by atoms with Crippen LogP contribution in [0.5, 0.6) is 0 Å². The van der Waals surface area contributed by atoms with Crippen LogP contribution in [-0.2, 0) is 4.74 Å². The molecule has 1 saturated heterocycles. The zero-order valence-corrected chi connectivity index (χ0v) is 10.4. The maximum absolute atomic E-state index is 9.34. The van der Waals surface area contributed by atoms with E-state index in [1.54, 1.807) is 0 Å². The van der Waals surface area contributed by atoms with Crippen molar-refractivity contribution in [1.29, 1.82) is 0 Å². The molecule has 0 aromatic heterocycles. The Labute approximate surface area is 98.0 Å². The molecule has 4 heteroatoms. The van der Waals surface area contributed by atoms with E-state index >= 15 is 0 Å². The standard InChI is InChI=1S/C12H24N2O2/c1-9-5-14(6-10(2)16-9)7-12(8-15)13-11-3-4-11/h9-13,15H,3-8H2,1-2H3/t9-,10+,12?. The van der Waals surface area contributed by atoms with Gasteiger partial charge in [-0.1, -0.05) is 0 Å². The number of aliphatic hydroxyl groups is 1. The topological polar surface area (TPSA) is 44.7 Å². The molecule has 1 saturated carbocycles. The van der Waals surface area contributed by atoms with Gasteiger partial charge in [0.25, 0.3) is 0 Å². The van der Waals surface area contributed by atoms with Crippen LogP contribution < -0.4 is 5.32 Å². The lowest BCUT2D eigenvalue weighted by atomic mass is 10.2. The van der Waals surface area contributed by atoms with Gasteiger partial charge in [0.2, 0.25) is 0 Å². The summed E-state index contributed by atoms with van der Waals surface area (Å²) in [5.41, 5.74) is 0. The molecule has 0 aromatic carbocycles. The van der Waals surface area contributed by atoms with Crippen molar-refractivity contribution in [1.82, 2.24) is 10.2 Å². The fourth-order valence-electron chi connectivity index (χ4n) is 2.49. The van der Waals surface area contributed by atoms with E-state index in [4.69, 9.17) is 4.74 Å². The largest absolute Gasteiger partial charge is 0.395 e. The molecule has 0 radical (unpaired) electrons. The second-order valence-electron chi connectivity index (χ2n) is 5.30. The third kappa shape index (κ3) is 3.70. The first kappa shape index (κ1) is 12.3. The van der Waals surface area contributed by atoms with Crippen LogP contribution in [0.4, 0.5) is 0 Å². The number of nitrogens with one attached hydrogen (secondary N) is 1. The Morgan fingerprint density at radius 2 is 1.94 bits per heavy atom. The van der Waals surface area contributed by atoms with Crippen LogP contribution in [0.1, 0.15) is 26.7 Å². The van der Waals surface area contributed by atoms with Crippen LogP contribution >= 0.6 is 0 Å². The summed E-state index contributed by atoms with van der Waals surface area (Å²) in [6.45, 7) is 7.36. The van der Waals surface area contributed by atoms with Crippen LogP contribution in [0.2, 0.25) is 0 Å². The van der Waals surface area contributed by atoms with Gasteiger partial charge in [-0.2, -0.15) is 0 Å². The summed E-state index contributed by atoms with van der Waals surface area (Å²) in [7, 11) is 0. The first-order valence-corrected chi connectivity index (χ1v) is 6.42. The summed E-state index contributed by atoms with van der Waals surface area (Å²) in [6.07, 6.45) is 3.16. The Hall–Kier alpha value is -0.160. The minimum atomic E-state index is 0.227. The lowest BCUT2D eigenvalue weighted by Crippen LogP contribution is -2.51. The van der Waals surface area contributed by atoms with Crippen LogP contribution in [0.25, 0.3) is 0 Å². The number of ether oxygens (including phenoxy) is 1. The molecule has 3 atom stereocenters. The molecule has 1 aliphatic carbocycles. The zero-order valence-electron chi connectivity index (χ0n) is 10.4. The first-order chi connectivity index (χ1) is 7.67. The number of nitrogens with zero attached hydrogens (tertiary/aromatic N) is 1. The lowest BCUT2D eigenvalue weighted by Gasteiger charge is -2.37. The molecule has 16 heavy (non-hydrogen) atoms. The summed E-state index contributed by atoms with van der Waals surface area (Å²) in [4.78, 5) is 2.40. The summed E-state index contributed by atoms with van der Waals surface area (Å²) in [5, 5.41) is 12.8. The molecular weight excluding hydrogens is 204 g/mol. The number of hydrogen-bond donors (Lipinski definition) is 2. The van der Waals surface area contributed by atoms with Crippen molar-refractivity contribution >= 4 is 0 Å². The summed E-state index contributed by atoms with van der Waals surface area (Å²) in [5.74, 6) is 0. The maximum atomic E-state index is 9.34. The second kappa shape index (κ2) is 5.45. The molecule has 1 unspecified atom stereocenters. The lowest BCUT2D eigenvalue weighted by molar-refractivity contribution is -0.0710. The highest BCUT2D eigenvalue weighted by molar-refractivity contribution is 4.87. The second-order valence-corrected chi connectivity index (χ2v) is 5.30. The van der Waals surface area contributed by atoms with Crippen molar-refractivity contribution in [3.8, 4) is 0 Å². The van der Waals surface area contributed by atoms with E-state index in [2.05, 4.69) is 24.1 Å². The Kier molecular flexibility index (Phi) is 4.19. The zero-order chi connectivity index (χ0) is 11.5. The van der Waals surface area contributed by atoms with E-state index in [0.29, 0.717) is 18.2 Å². The maximum Gasteiger partial charge on any atom is 0.0678 e. The van der Waals surface area contributed by atoms with Gasteiger partial charge in [-0.25, -0.2) is 0 Å². The van der Waals surface area contributed by atoms with Crippen LogP contribution in [0.15, 0.2) is 0 Å². The predicted octanol–water partition coefficient (Wildman–Crippen LogP) is 0.209. The third-order valence-electron chi connectivity index (χ3n) is 3.24. The molecular formula is C12H24N2O2. The van der Waals surface area contributed by atoms with Crippen molar-refractivity contribution in [3.05, 3.63) is 0 Å². The molecule has 2 fully saturated rings. The van der Waals surface area contributed by atoms with E-state index in [0.717, 1.165) is 19.6 Å². The molecule has 94 valence electrons. The fraction of sp³-hybridized carbons (Fsp3) is 1.00. The number of rotatable bonds is 5. The van der Waals surface area contributed by atoms with Crippen LogP contribution in [-0.4, -0.2) is 60.5 Å². The van der Waals surface area contributed by atoms with E-state index in [-0.39, 0.29) is 12.6 Å². The van der Waals surface area contributed by atoms with Gasteiger partial charge in [0.05, 0.1) is 18.8 Å². The Bertz CT molecular complexity index is 211. The number of hydrogen-bond acceptors (Lipinski definition) is 4. The average Bonchev–Trinajstić information content (AvgIpc) is 2.99. The van der Waals surface area contributed by atoms with Crippen molar-refractivity contribution in [2.24, 2.45) is 0 Å². The van der Waals surface area contributed by atoms with Crippen molar-refractivity contribution in [2.45, 2.75) is 51.0 Å². The SMILES string of the molecule is C[C@@H]1CN(CC(CO)NC2CC2)C[C@H](C)O1. The van der Waals surface area contributed by atoms with E-state index in [1.165, 1.54) is 12.8 Å². The van der Waals surface area contributed by atoms with Gasteiger partial charge in [0.15, 0.2) is 0 Å². The highest BCUT2D eigenvalue weighted by Crippen LogP contribution is 2.20. The average molecular weight is 228 g/mol. The van der Waals surface area contributed by atoms with Crippen LogP contribution in [0.3, 0.4) is 0 Å². The summed E-state index contributed by atoms with van der Waals surface area (Å²) in [6, 6.07) is 0.887. The molecule has 0 bridgehead atoms. The number of aliphatic hydroxyl groups excluding tert-OH is 1. The highest BCUT2D eigenvalue weighted by Gasteiger charge is 2.28. The molecule has 0 aromatic rings. The molecule has 0 amide bonds. The van der Waals surface area contributed by atoms with Gasteiger partial charge in [0, 0.05) is 31.7 Å². The quantitative estimate of drug-likeness (QED) is 0.706. The number of morpholine rings is 1. The van der Waals surface area contributed by atoms with Crippen molar-refractivity contribution < 1.29 is 9.84 Å². The Morgan fingerprint density at radius 3 is 2.44 bits per heavy atom. The summed E-state index contributed by atoms with van der Waals surface area (Å²) >= 11 is 0. The minimum absolute atomic E-state index is 0.227. The Balaban J connectivity index is 1.76. The predicted molar refractivity (Wildman–Crippen MR) is 63.5 cm³/mol. The van der Waals surface area contributed by atoms with Gasteiger partial charge >= 0.3 is 0 Å². The van der Waals surface area contributed by atoms with Gasteiger partial charge in [-0.05, 0) is 26.7 Å².